The van der Waals surface area contributed by atoms with Gasteiger partial charge < -0.3 is 0 Å². The van der Waals surface area contributed by atoms with Gasteiger partial charge in [-0.15, -0.1) is 11.3 Å². The molecule has 0 radical (unpaired) electrons. The molecule has 0 atom stereocenters. The minimum atomic E-state index is -0.129. The molecule has 11 rings (SSSR count). The summed E-state index contributed by atoms with van der Waals surface area (Å²) < 4.78 is 2.62. The third-order valence-electron chi connectivity index (χ3n) is 11.7. The molecule has 0 amide bonds. The highest BCUT2D eigenvalue weighted by molar-refractivity contribution is 7.25. The minimum absolute atomic E-state index is 0.129. The second kappa shape index (κ2) is 12.7. The summed E-state index contributed by atoms with van der Waals surface area (Å²) in [4.78, 5) is 10.5. The summed E-state index contributed by atoms with van der Waals surface area (Å²) in [5.74, 6) is 0.711. The number of hydrogen-bond donors (Lipinski definition) is 0. The average molecular weight is 733 g/mol. The van der Waals surface area contributed by atoms with Crippen LogP contribution in [0.25, 0.3) is 98.2 Å². The molecule has 8 aromatic carbocycles. The fraction of sp³-hybridized carbons (Fsp3) is 0.0566. The Bertz CT molecular complexity index is 3150. The molecule has 0 bridgehead atoms. The molecule has 0 spiro atoms. The fourth-order valence-electron chi connectivity index (χ4n) is 8.92. The van der Waals surface area contributed by atoms with Gasteiger partial charge in [-0.25, -0.2) is 9.97 Å². The van der Waals surface area contributed by atoms with E-state index in [1.54, 1.807) is 0 Å². The number of fused-ring (bicyclic) bond motifs is 7. The van der Waals surface area contributed by atoms with Gasteiger partial charge in [0.15, 0.2) is 5.82 Å². The van der Waals surface area contributed by atoms with E-state index in [9.17, 15) is 0 Å². The summed E-state index contributed by atoms with van der Waals surface area (Å²) in [5.41, 5.74) is 15.0. The van der Waals surface area contributed by atoms with Crippen molar-refractivity contribution in [3.8, 4) is 67.3 Å². The van der Waals surface area contributed by atoms with Crippen LogP contribution < -0.4 is 0 Å². The van der Waals surface area contributed by atoms with E-state index in [2.05, 4.69) is 190 Å². The van der Waals surface area contributed by atoms with Crippen LogP contribution in [0.2, 0.25) is 0 Å². The topological polar surface area (TPSA) is 25.8 Å². The molecule has 2 nitrogen and oxygen atoms in total. The van der Waals surface area contributed by atoms with E-state index in [1.807, 2.05) is 17.4 Å². The number of nitrogens with zero attached hydrogens (tertiary/aromatic N) is 2. The zero-order valence-corrected chi connectivity index (χ0v) is 31.9. The second-order valence-electron chi connectivity index (χ2n) is 15.3. The number of thiophene rings is 1. The van der Waals surface area contributed by atoms with Gasteiger partial charge in [-0.3, -0.25) is 0 Å². The van der Waals surface area contributed by atoms with Crippen molar-refractivity contribution in [2.75, 3.05) is 0 Å². The van der Waals surface area contributed by atoms with Crippen molar-refractivity contribution in [2.45, 2.75) is 19.3 Å². The van der Waals surface area contributed by atoms with Crippen LogP contribution in [0.5, 0.6) is 0 Å². The van der Waals surface area contributed by atoms with Crippen LogP contribution in [0.4, 0.5) is 0 Å². The van der Waals surface area contributed by atoms with Crippen molar-refractivity contribution in [2.24, 2.45) is 0 Å². The van der Waals surface area contributed by atoms with Crippen LogP contribution in [0.3, 0.4) is 0 Å². The highest BCUT2D eigenvalue weighted by atomic mass is 32.1. The van der Waals surface area contributed by atoms with Crippen LogP contribution in [0.15, 0.2) is 182 Å². The molecule has 10 aromatic rings. The summed E-state index contributed by atoms with van der Waals surface area (Å²) in [6.45, 7) is 4.72. The Morgan fingerprint density at radius 2 is 1.04 bits per heavy atom. The Morgan fingerprint density at radius 3 is 1.88 bits per heavy atom. The van der Waals surface area contributed by atoms with Crippen molar-refractivity contribution < 1.29 is 0 Å². The zero-order valence-electron chi connectivity index (χ0n) is 31.1. The van der Waals surface area contributed by atoms with Gasteiger partial charge in [-0.05, 0) is 85.6 Å². The van der Waals surface area contributed by atoms with E-state index in [-0.39, 0.29) is 5.41 Å². The van der Waals surface area contributed by atoms with Gasteiger partial charge in [0.1, 0.15) is 0 Å². The third kappa shape index (κ3) is 5.16. The van der Waals surface area contributed by atoms with Crippen LogP contribution >= 0.6 is 11.3 Å². The molecular weight excluding hydrogens is 697 g/mol. The lowest BCUT2D eigenvalue weighted by molar-refractivity contribution is 0.661. The maximum Gasteiger partial charge on any atom is 0.160 e. The van der Waals surface area contributed by atoms with Gasteiger partial charge in [0.05, 0.1) is 11.4 Å². The number of benzene rings is 8. The Kier molecular flexibility index (Phi) is 7.42. The molecule has 0 saturated heterocycles. The lowest BCUT2D eigenvalue weighted by Gasteiger charge is -2.22. The summed E-state index contributed by atoms with van der Waals surface area (Å²) in [6.07, 6.45) is 0. The van der Waals surface area contributed by atoms with Crippen LogP contribution in [0, 0.1) is 0 Å². The predicted octanol–water partition coefficient (Wildman–Crippen LogP) is 14.6. The van der Waals surface area contributed by atoms with Gasteiger partial charge >= 0.3 is 0 Å². The van der Waals surface area contributed by atoms with Gasteiger partial charge in [0, 0.05) is 42.3 Å². The van der Waals surface area contributed by atoms with Crippen molar-refractivity contribution in [1.82, 2.24) is 9.97 Å². The second-order valence-corrected chi connectivity index (χ2v) is 16.4. The van der Waals surface area contributed by atoms with E-state index >= 15 is 0 Å². The van der Waals surface area contributed by atoms with E-state index in [4.69, 9.17) is 9.97 Å². The van der Waals surface area contributed by atoms with Gasteiger partial charge in [-0.1, -0.05) is 166 Å². The molecule has 2 aromatic heterocycles. The highest BCUT2D eigenvalue weighted by Gasteiger charge is 2.37. The van der Waals surface area contributed by atoms with E-state index in [0.29, 0.717) is 5.82 Å². The molecule has 0 unspecified atom stereocenters. The van der Waals surface area contributed by atoms with Crippen molar-refractivity contribution in [3.05, 3.63) is 193 Å². The van der Waals surface area contributed by atoms with E-state index in [0.717, 1.165) is 33.6 Å². The largest absolute Gasteiger partial charge is 0.228 e. The molecule has 2 heterocycles. The maximum atomic E-state index is 5.31. The normalized spacial score (nSPS) is 13.0. The van der Waals surface area contributed by atoms with E-state index < -0.39 is 0 Å². The van der Waals surface area contributed by atoms with Crippen LogP contribution in [-0.2, 0) is 5.41 Å². The zero-order chi connectivity index (χ0) is 37.4. The maximum absolute atomic E-state index is 5.31. The van der Waals surface area contributed by atoms with Gasteiger partial charge in [0.2, 0.25) is 0 Å². The van der Waals surface area contributed by atoms with Crippen molar-refractivity contribution >= 4 is 42.3 Å². The standard InChI is InChI=1S/C53H36N2S/c1-53(2)44-23-12-22-41(50(44)43-30-36-16-6-7-17-37(36)31-45(43)53)39-18-8-9-19-40(39)47-32-46(54-52(55-47)35-14-4-3-5-15-35)34-28-26-33(27-29-34)38-21-13-25-49-51(38)42-20-10-11-24-48(42)56-49/h3-32H,1-2H3. The monoisotopic (exact) mass is 732 g/mol. The average Bonchev–Trinajstić information content (AvgIpc) is 3.75. The number of aromatic nitrogens is 2. The Morgan fingerprint density at radius 1 is 0.411 bits per heavy atom. The quantitative estimate of drug-likeness (QED) is 0.176. The predicted molar refractivity (Wildman–Crippen MR) is 237 cm³/mol. The number of rotatable bonds is 5. The molecule has 0 fully saturated rings. The van der Waals surface area contributed by atoms with Crippen molar-refractivity contribution in [1.29, 1.82) is 0 Å². The molecule has 56 heavy (non-hydrogen) atoms. The van der Waals surface area contributed by atoms with Crippen LogP contribution in [0.1, 0.15) is 25.0 Å². The molecule has 264 valence electrons. The van der Waals surface area contributed by atoms with Crippen LogP contribution in [-0.4, -0.2) is 9.97 Å². The third-order valence-corrected chi connectivity index (χ3v) is 12.8. The highest BCUT2D eigenvalue weighted by Crippen LogP contribution is 2.54. The minimum Gasteiger partial charge on any atom is -0.228 e. The fourth-order valence-corrected chi connectivity index (χ4v) is 10.1. The molecule has 0 aliphatic heterocycles. The summed E-state index contributed by atoms with van der Waals surface area (Å²) in [5, 5.41) is 5.17. The Labute approximate surface area is 330 Å². The van der Waals surface area contributed by atoms with Gasteiger partial charge in [0.25, 0.3) is 0 Å². The number of hydrogen-bond acceptors (Lipinski definition) is 3. The Balaban J connectivity index is 1.07. The lowest BCUT2D eigenvalue weighted by atomic mass is 9.81. The summed E-state index contributed by atoms with van der Waals surface area (Å²) >= 11 is 1.86. The smallest absolute Gasteiger partial charge is 0.160 e. The molecule has 0 N–H and O–H groups in total. The molecule has 1 aliphatic carbocycles. The van der Waals surface area contributed by atoms with Gasteiger partial charge in [-0.2, -0.15) is 0 Å². The SMILES string of the molecule is CC1(C)c2cc3ccccc3cc2-c2c(-c3ccccc3-c3cc(-c4ccc(-c5cccc6sc7ccccc7c56)cc4)nc(-c4ccccc4)n3)cccc21. The summed E-state index contributed by atoms with van der Waals surface area (Å²) in [7, 11) is 0. The molecule has 3 heteroatoms. The van der Waals surface area contributed by atoms with Crippen molar-refractivity contribution in [3.63, 3.8) is 0 Å². The molecule has 1 aliphatic rings. The lowest BCUT2D eigenvalue weighted by Crippen LogP contribution is -2.14. The van der Waals surface area contributed by atoms with E-state index in [1.165, 1.54) is 69.9 Å². The summed E-state index contributed by atoms with van der Waals surface area (Å²) in [6, 6.07) is 65.8. The Hall–Kier alpha value is -6.68. The first-order valence-corrected chi connectivity index (χ1v) is 20.1. The molecular formula is C53H36N2S. The first kappa shape index (κ1) is 32.7. The first-order chi connectivity index (χ1) is 27.5. The molecule has 0 saturated carbocycles. The first-order valence-electron chi connectivity index (χ1n) is 19.2.